The minimum atomic E-state index is -0.597. The van der Waals surface area contributed by atoms with Gasteiger partial charge in [0, 0.05) is 16.8 Å². The molecule has 150 valence electrons. The average Bonchev–Trinajstić information content (AvgIpc) is 2.64. The molecule has 0 spiro atoms. The van der Waals surface area contributed by atoms with E-state index in [0.29, 0.717) is 12.8 Å². The molecule has 4 nitrogen and oxygen atoms in total. The van der Waals surface area contributed by atoms with E-state index in [9.17, 15) is 9.59 Å². The first kappa shape index (κ1) is 22.2. The number of aryl methyl sites for hydroxylation is 1. The van der Waals surface area contributed by atoms with E-state index in [4.69, 9.17) is 4.74 Å². The quantitative estimate of drug-likeness (QED) is 0.580. The Morgan fingerprint density at radius 2 is 1.64 bits per heavy atom. The molecule has 0 aromatic heterocycles. The highest BCUT2D eigenvalue weighted by Gasteiger charge is 2.28. The monoisotopic (exact) mass is 445 g/mol. The molecule has 0 fully saturated rings. The highest BCUT2D eigenvalue weighted by atomic mass is 79.9. The molecule has 28 heavy (non-hydrogen) atoms. The summed E-state index contributed by atoms with van der Waals surface area (Å²) >= 11 is 3.42. The van der Waals surface area contributed by atoms with Crippen LogP contribution in [0.25, 0.3) is 0 Å². The maximum Gasteiger partial charge on any atom is 0.408 e. The van der Waals surface area contributed by atoms with Crippen molar-refractivity contribution in [3.05, 3.63) is 70.2 Å². The highest BCUT2D eigenvalue weighted by molar-refractivity contribution is 9.10. The lowest BCUT2D eigenvalue weighted by Gasteiger charge is -2.27. The average molecular weight is 446 g/mol. The van der Waals surface area contributed by atoms with Crippen LogP contribution in [0.3, 0.4) is 0 Å². The fourth-order valence-electron chi connectivity index (χ4n) is 2.92. The van der Waals surface area contributed by atoms with Gasteiger partial charge >= 0.3 is 6.09 Å². The van der Waals surface area contributed by atoms with Crippen molar-refractivity contribution >= 4 is 27.8 Å². The van der Waals surface area contributed by atoms with Gasteiger partial charge in [0.25, 0.3) is 0 Å². The summed E-state index contributed by atoms with van der Waals surface area (Å²) in [4.78, 5) is 25.2. The second kappa shape index (κ2) is 9.87. The molecular weight excluding hydrogens is 418 g/mol. The van der Waals surface area contributed by atoms with Gasteiger partial charge in [-0.1, -0.05) is 65.3 Å². The normalized spacial score (nSPS) is 13.5. The Labute approximate surface area is 175 Å². The zero-order valence-electron chi connectivity index (χ0n) is 16.9. The number of Topliss-reactive ketones (excluding diaryl/α,β-unsaturated/α-hetero) is 1. The number of halogens is 1. The molecule has 0 aliphatic heterocycles. The van der Waals surface area contributed by atoms with Crippen LogP contribution in [0.2, 0.25) is 0 Å². The lowest BCUT2D eigenvalue weighted by molar-refractivity contribution is -0.123. The van der Waals surface area contributed by atoms with E-state index in [0.717, 1.165) is 15.6 Å². The molecule has 0 aliphatic rings. The van der Waals surface area contributed by atoms with E-state index >= 15 is 0 Å². The predicted octanol–water partition coefficient (Wildman–Crippen LogP) is 5.85. The van der Waals surface area contributed by atoms with Crippen LogP contribution in [0, 0.1) is 5.92 Å². The molecule has 2 rings (SSSR count). The summed E-state index contributed by atoms with van der Waals surface area (Å²) in [7, 11) is 0. The number of carbonyl (C=O) groups excluding carboxylic acids is 2. The number of benzene rings is 2. The van der Waals surface area contributed by atoms with Gasteiger partial charge in [-0.3, -0.25) is 4.79 Å². The molecule has 0 saturated heterocycles. The summed E-state index contributed by atoms with van der Waals surface area (Å²) in [6.45, 7) is 7.31. The van der Waals surface area contributed by atoms with Gasteiger partial charge in [-0.2, -0.15) is 0 Å². The maximum atomic E-state index is 12.9. The SMILES string of the molecule is C[C@@H](C(=O)CCc1ccc(Br)cc1)[C@H](NC(=O)OC(C)(C)C)c1ccccc1. The van der Waals surface area contributed by atoms with Gasteiger partial charge in [-0.05, 0) is 50.5 Å². The summed E-state index contributed by atoms with van der Waals surface area (Å²) < 4.78 is 6.41. The largest absolute Gasteiger partial charge is 0.444 e. The fourth-order valence-corrected chi connectivity index (χ4v) is 3.19. The smallest absolute Gasteiger partial charge is 0.408 e. The Hall–Kier alpha value is -2.14. The molecule has 0 radical (unpaired) electrons. The van der Waals surface area contributed by atoms with E-state index in [1.54, 1.807) is 0 Å². The number of hydrogen-bond donors (Lipinski definition) is 1. The van der Waals surface area contributed by atoms with Crippen LogP contribution >= 0.6 is 15.9 Å². The minimum Gasteiger partial charge on any atom is -0.444 e. The Bertz CT molecular complexity index is 782. The van der Waals surface area contributed by atoms with E-state index < -0.39 is 17.7 Å². The predicted molar refractivity (Wildman–Crippen MR) is 115 cm³/mol. The first-order valence-electron chi connectivity index (χ1n) is 9.47. The molecule has 1 amide bonds. The van der Waals surface area contributed by atoms with Crippen molar-refractivity contribution in [2.75, 3.05) is 0 Å². The Morgan fingerprint density at radius 3 is 2.21 bits per heavy atom. The van der Waals surface area contributed by atoms with Crippen LogP contribution in [-0.2, 0) is 16.0 Å². The number of rotatable bonds is 7. The topological polar surface area (TPSA) is 55.4 Å². The van der Waals surface area contributed by atoms with Crippen molar-refractivity contribution in [3.63, 3.8) is 0 Å². The summed E-state index contributed by atoms with van der Waals surface area (Å²) in [6, 6.07) is 17.1. The second-order valence-electron chi connectivity index (χ2n) is 7.92. The Balaban J connectivity index is 2.09. The van der Waals surface area contributed by atoms with Gasteiger partial charge in [0.05, 0.1) is 6.04 Å². The zero-order chi connectivity index (χ0) is 20.7. The number of amides is 1. The number of carbonyl (C=O) groups is 2. The molecular formula is C23H28BrNO3. The molecule has 0 heterocycles. The lowest BCUT2D eigenvalue weighted by atomic mass is 9.88. The van der Waals surface area contributed by atoms with Crippen LogP contribution in [0.15, 0.2) is 59.1 Å². The molecule has 0 unspecified atom stereocenters. The van der Waals surface area contributed by atoms with Gasteiger partial charge in [-0.15, -0.1) is 0 Å². The first-order chi connectivity index (χ1) is 13.2. The van der Waals surface area contributed by atoms with Crippen LogP contribution in [0.5, 0.6) is 0 Å². The van der Waals surface area contributed by atoms with Crippen molar-refractivity contribution < 1.29 is 14.3 Å². The van der Waals surface area contributed by atoms with Gasteiger partial charge in [0.1, 0.15) is 11.4 Å². The number of hydrogen-bond acceptors (Lipinski definition) is 3. The van der Waals surface area contributed by atoms with E-state index in [1.165, 1.54) is 0 Å². The fraction of sp³-hybridized carbons (Fsp3) is 0.391. The second-order valence-corrected chi connectivity index (χ2v) is 8.83. The third-order valence-corrected chi connectivity index (χ3v) is 4.94. The summed E-state index contributed by atoms with van der Waals surface area (Å²) in [5, 5.41) is 2.89. The lowest BCUT2D eigenvalue weighted by Crippen LogP contribution is -2.39. The Kier molecular flexibility index (Phi) is 7.81. The minimum absolute atomic E-state index is 0.104. The van der Waals surface area contributed by atoms with Gasteiger partial charge in [0.2, 0.25) is 0 Å². The maximum absolute atomic E-state index is 12.9. The van der Waals surface area contributed by atoms with Gasteiger partial charge < -0.3 is 10.1 Å². The van der Waals surface area contributed by atoms with E-state index in [-0.39, 0.29) is 11.7 Å². The van der Waals surface area contributed by atoms with Crippen molar-refractivity contribution in [1.29, 1.82) is 0 Å². The van der Waals surface area contributed by atoms with Crippen LogP contribution in [0.4, 0.5) is 4.79 Å². The molecule has 2 aromatic carbocycles. The number of ether oxygens (including phenoxy) is 1. The third-order valence-electron chi connectivity index (χ3n) is 4.41. The standard InChI is InChI=1S/C23H28BrNO3/c1-16(20(26)15-12-17-10-13-19(24)14-11-17)21(18-8-6-5-7-9-18)25-22(27)28-23(2,3)4/h5-11,13-14,16,21H,12,15H2,1-4H3,(H,25,27)/t16-,21-/m0/s1. The number of ketones is 1. The molecule has 2 aromatic rings. The highest BCUT2D eigenvalue weighted by Crippen LogP contribution is 2.25. The van der Waals surface area contributed by atoms with Crippen molar-refractivity contribution in [2.45, 2.75) is 52.2 Å². The van der Waals surface area contributed by atoms with E-state index in [2.05, 4.69) is 21.2 Å². The number of nitrogens with one attached hydrogen (secondary N) is 1. The first-order valence-corrected chi connectivity index (χ1v) is 10.3. The molecule has 5 heteroatoms. The van der Waals surface area contributed by atoms with E-state index in [1.807, 2.05) is 82.3 Å². The van der Waals surface area contributed by atoms with Crippen molar-refractivity contribution in [3.8, 4) is 0 Å². The third kappa shape index (κ3) is 7.12. The molecule has 0 bridgehead atoms. The molecule has 2 atom stereocenters. The molecule has 0 aliphatic carbocycles. The summed E-state index contributed by atoms with van der Waals surface area (Å²) in [5.41, 5.74) is 1.40. The van der Waals surface area contributed by atoms with Crippen molar-refractivity contribution in [2.24, 2.45) is 5.92 Å². The van der Waals surface area contributed by atoms with Crippen molar-refractivity contribution in [1.82, 2.24) is 5.32 Å². The van der Waals surface area contributed by atoms with Gasteiger partial charge in [0.15, 0.2) is 0 Å². The van der Waals surface area contributed by atoms with Crippen LogP contribution < -0.4 is 5.32 Å². The summed E-state index contributed by atoms with van der Waals surface area (Å²) in [6.07, 6.45) is 0.570. The van der Waals surface area contributed by atoms with Crippen LogP contribution in [0.1, 0.15) is 51.3 Å². The van der Waals surface area contributed by atoms with Crippen LogP contribution in [-0.4, -0.2) is 17.5 Å². The summed E-state index contributed by atoms with van der Waals surface area (Å²) in [5.74, 6) is -0.266. The molecule has 1 N–H and O–H groups in total. The zero-order valence-corrected chi connectivity index (χ0v) is 18.5. The number of alkyl carbamates (subject to hydrolysis) is 1. The van der Waals surface area contributed by atoms with Gasteiger partial charge in [-0.25, -0.2) is 4.79 Å². The molecule has 0 saturated carbocycles. The Morgan fingerprint density at radius 1 is 1.04 bits per heavy atom.